The SMILES string of the molecule is CCCCOc1ccc(NC(=O)N2CCN(CC(=O)N3CCCCC3)CC2)c(C)c1. The summed E-state index contributed by atoms with van der Waals surface area (Å²) in [7, 11) is 0. The van der Waals surface area contributed by atoms with Gasteiger partial charge < -0.3 is 19.9 Å². The van der Waals surface area contributed by atoms with Crippen molar-refractivity contribution in [3.8, 4) is 5.75 Å². The number of carbonyl (C=O) groups excluding carboxylic acids is 2. The molecule has 2 aliphatic rings. The Balaban J connectivity index is 1.43. The normalized spacial score (nSPS) is 17.7. The molecule has 30 heavy (non-hydrogen) atoms. The molecule has 2 heterocycles. The maximum atomic E-state index is 12.7. The van der Waals surface area contributed by atoms with Gasteiger partial charge in [-0.3, -0.25) is 9.69 Å². The number of anilines is 1. The van der Waals surface area contributed by atoms with Crippen LogP contribution in [0.15, 0.2) is 18.2 Å². The Bertz CT molecular complexity index is 710. The van der Waals surface area contributed by atoms with Gasteiger partial charge in [0.2, 0.25) is 5.91 Å². The van der Waals surface area contributed by atoms with Crippen LogP contribution in [0.5, 0.6) is 5.75 Å². The van der Waals surface area contributed by atoms with E-state index >= 15 is 0 Å². The molecule has 3 amide bonds. The van der Waals surface area contributed by atoms with Crippen LogP contribution in [0, 0.1) is 6.92 Å². The molecule has 1 aromatic rings. The molecule has 166 valence electrons. The van der Waals surface area contributed by atoms with E-state index in [1.54, 1.807) is 0 Å². The highest BCUT2D eigenvalue weighted by Crippen LogP contribution is 2.22. The molecule has 7 nitrogen and oxygen atoms in total. The molecule has 0 unspecified atom stereocenters. The van der Waals surface area contributed by atoms with Gasteiger partial charge in [0.05, 0.1) is 13.2 Å². The summed E-state index contributed by atoms with van der Waals surface area (Å²) in [6.45, 7) is 9.82. The van der Waals surface area contributed by atoms with Crippen molar-refractivity contribution in [1.82, 2.24) is 14.7 Å². The van der Waals surface area contributed by atoms with Crippen LogP contribution in [0.25, 0.3) is 0 Å². The molecule has 2 aliphatic heterocycles. The van der Waals surface area contributed by atoms with Gasteiger partial charge in [-0.2, -0.15) is 0 Å². The summed E-state index contributed by atoms with van der Waals surface area (Å²) in [5.41, 5.74) is 1.80. The van der Waals surface area contributed by atoms with Crippen molar-refractivity contribution in [3.63, 3.8) is 0 Å². The third-order valence-corrected chi connectivity index (χ3v) is 5.93. The van der Waals surface area contributed by atoms with Crippen molar-refractivity contribution >= 4 is 17.6 Å². The monoisotopic (exact) mass is 416 g/mol. The third-order valence-electron chi connectivity index (χ3n) is 5.93. The topological polar surface area (TPSA) is 65.1 Å². The number of hydrogen-bond acceptors (Lipinski definition) is 4. The lowest BCUT2D eigenvalue weighted by Crippen LogP contribution is -2.52. The summed E-state index contributed by atoms with van der Waals surface area (Å²) in [5.74, 6) is 1.07. The first-order valence-electron chi connectivity index (χ1n) is 11.4. The zero-order chi connectivity index (χ0) is 21.3. The standard InChI is InChI=1S/C23H36N4O3/c1-3-4-16-30-20-8-9-21(19(2)17-20)24-23(29)27-14-12-25(13-15-27)18-22(28)26-10-6-5-7-11-26/h8-9,17H,3-7,10-16,18H2,1-2H3,(H,24,29). The molecule has 0 aromatic heterocycles. The average Bonchev–Trinajstić information content (AvgIpc) is 2.77. The lowest BCUT2D eigenvalue weighted by atomic mass is 10.1. The molecular formula is C23H36N4O3. The van der Waals surface area contributed by atoms with Gasteiger partial charge >= 0.3 is 6.03 Å². The number of ether oxygens (including phenoxy) is 1. The van der Waals surface area contributed by atoms with Gasteiger partial charge in [0.15, 0.2) is 0 Å². The van der Waals surface area contributed by atoms with Gasteiger partial charge in [0, 0.05) is 45.0 Å². The zero-order valence-electron chi connectivity index (χ0n) is 18.5. The summed E-state index contributed by atoms with van der Waals surface area (Å²) in [5, 5.41) is 3.02. The highest BCUT2D eigenvalue weighted by Gasteiger charge is 2.25. The number of rotatable bonds is 7. The van der Waals surface area contributed by atoms with Gasteiger partial charge in [-0.05, 0) is 56.4 Å². The Labute approximate surface area is 180 Å². The molecular weight excluding hydrogens is 380 g/mol. The molecule has 0 aliphatic carbocycles. The van der Waals surface area contributed by atoms with Crippen LogP contribution in [0.2, 0.25) is 0 Å². The van der Waals surface area contributed by atoms with E-state index in [1.807, 2.05) is 34.9 Å². The van der Waals surface area contributed by atoms with Gasteiger partial charge in [-0.1, -0.05) is 13.3 Å². The number of unbranched alkanes of at least 4 members (excludes halogenated alkanes) is 1. The zero-order valence-corrected chi connectivity index (χ0v) is 18.5. The second-order valence-corrected chi connectivity index (χ2v) is 8.31. The Morgan fingerprint density at radius 2 is 1.73 bits per heavy atom. The maximum absolute atomic E-state index is 12.7. The first-order valence-corrected chi connectivity index (χ1v) is 11.4. The van der Waals surface area contributed by atoms with E-state index in [0.29, 0.717) is 26.2 Å². The van der Waals surface area contributed by atoms with Crippen LogP contribution in [-0.2, 0) is 4.79 Å². The van der Waals surface area contributed by atoms with E-state index in [-0.39, 0.29) is 11.9 Å². The molecule has 3 rings (SSSR count). The third kappa shape index (κ3) is 6.36. The molecule has 1 N–H and O–H groups in total. The Kier molecular flexibility index (Phi) is 8.37. The van der Waals surface area contributed by atoms with Crippen molar-refractivity contribution < 1.29 is 14.3 Å². The fourth-order valence-corrected chi connectivity index (χ4v) is 3.94. The Morgan fingerprint density at radius 1 is 1.00 bits per heavy atom. The van der Waals surface area contributed by atoms with Gasteiger partial charge in [0.25, 0.3) is 0 Å². The van der Waals surface area contributed by atoms with Crippen molar-refractivity contribution in [3.05, 3.63) is 23.8 Å². The van der Waals surface area contributed by atoms with Gasteiger partial charge in [-0.15, -0.1) is 0 Å². The number of nitrogens with zero attached hydrogens (tertiary/aromatic N) is 3. The maximum Gasteiger partial charge on any atom is 0.321 e. The highest BCUT2D eigenvalue weighted by molar-refractivity contribution is 5.90. The first kappa shape index (κ1) is 22.4. The van der Waals surface area contributed by atoms with Crippen LogP contribution >= 0.6 is 0 Å². The summed E-state index contributed by atoms with van der Waals surface area (Å²) in [6.07, 6.45) is 5.60. The largest absolute Gasteiger partial charge is 0.494 e. The van der Waals surface area contributed by atoms with Crippen molar-refractivity contribution in [2.45, 2.75) is 46.0 Å². The molecule has 2 fully saturated rings. The van der Waals surface area contributed by atoms with Crippen LogP contribution in [-0.4, -0.2) is 79.1 Å². The number of likely N-dealkylation sites (tertiary alicyclic amines) is 1. The lowest BCUT2D eigenvalue weighted by Gasteiger charge is -2.36. The molecule has 0 atom stereocenters. The summed E-state index contributed by atoms with van der Waals surface area (Å²) < 4.78 is 5.73. The predicted molar refractivity (Wildman–Crippen MR) is 119 cm³/mol. The molecule has 0 spiro atoms. The molecule has 0 bridgehead atoms. The van der Waals surface area contributed by atoms with Crippen LogP contribution in [0.1, 0.15) is 44.6 Å². The van der Waals surface area contributed by atoms with Crippen LogP contribution < -0.4 is 10.1 Å². The minimum atomic E-state index is -0.0836. The fraction of sp³-hybridized carbons (Fsp3) is 0.652. The summed E-state index contributed by atoms with van der Waals surface area (Å²) in [4.78, 5) is 31.1. The summed E-state index contributed by atoms with van der Waals surface area (Å²) in [6, 6.07) is 5.69. The minimum absolute atomic E-state index is 0.0836. The number of aryl methyl sites for hydroxylation is 1. The Morgan fingerprint density at radius 3 is 2.40 bits per heavy atom. The van der Waals surface area contributed by atoms with E-state index in [1.165, 1.54) is 6.42 Å². The number of piperidine rings is 1. The van der Waals surface area contributed by atoms with Crippen molar-refractivity contribution in [2.24, 2.45) is 0 Å². The lowest BCUT2D eigenvalue weighted by molar-refractivity contribution is -0.133. The highest BCUT2D eigenvalue weighted by atomic mass is 16.5. The van der Waals surface area contributed by atoms with E-state index in [4.69, 9.17) is 4.74 Å². The molecule has 1 aromatic carbocycles. The second kappa shape index (κ2) is 11.2. The Hall–Kier alpha value is -2.28. The number of hydrogen-bond donors (Lipinski definition) is 1. The molecule has 0 saturated carbocycles. The first-order chi connectivity index (χ1) is 14.6. The van der Waals surface area contributed by atoms with Gasteiger partial charge in [-0.25, -0.2) is 4.79 Å². The van der Waals surface area contributed by atoms with E-state index in [2.05, 4.69) is 17.1 Å². The van der Waals surface area contributed by atoms with E-state index < -0.39 is 0 Å². The summed E-state index contributed by atoms with van der Waals surface area (Å²) >= 11 is 0. The fourth-order valence-electron chi connectivity index (χ4n) is 3.94. The van der Waals surface area contributed by atoms with Crippen LogP contribution in [0.4, 0.5) is 10.5 Å². The van der Waals surface area contributed by atoms with Crippen molar-refractivity contribution in [1.29, 1.82) is 0 Å². The number of amides is 3. The smallest absolute Gasteiger partial charge is 0.321 e. The number of carbonyl (C=O) groups is 2. The predicted octanol–water partition coefficient (Wildman–Crippen LogP) is 3.34. The second-order valence-electron chi connectivity index (χ2n) is 8.31. The number of urea groups is 1. The number of benzene rings is 1. The number of piperazine rings is 1. The minimum Gasteiger partial charge on any atom is -0.494 e. The van der Waals surface area contributed by atoms with Gasteiger partial charge in [0.1, 0.15) is 5.75 Å². The molecule has 7 heteroatoms. The van der Waals surface area contributed by atoms with E-state index in [0.717, 1.165) is 68.9 Å². The molecule has 2 saturated heterocycles. The quantitative estimate of drug-likeness (QED) is 0.693. The van der Waals surface area contributed by atoms with Crippen molar-refractivity contribution in [2.75, 3.05) is 57.7 Å². The van der Waals surface area contributed by atoms with Crippen LogP contribution in [0.3, 0.4) is 0 Å². The molecule has 0 radical (unpaired) electrons. The average molecular weight is 417 g/mol. The number of nitrogens with one attached hydrogen (secondary N) is 1. The van der Waals surface area contributed by atoms with E-state index in [9.17, 15) is 9.59 Å².